The molecule has 1 rings (SSSR count). The summed E-state index contributed by atoms with van der Waals surface area (Å²) < 4.78 is 5.54. The topological polar surface area (TPSA) is 9.23 Å². The molecule has 0 radical (unpaired) electrons. The highest BCUT2D eigenvalue weighted by Gasteiger charge is 2.19. The van der Waals surface area contributed by atoms with Crippen molar-refractivity contribution in [1.82, 2.24) is 0 Å². The van der Waals surface area contributed by atoms with Gasteiger partial charge in [-0.25, -0.2) is 0 Å². The van der Waals surface area contributed by atoms with Gasteiger partial charge in [0, 0.05) is 5.92 Å². The first-order chi connectivity index (χ1) is 5.38. The Kier molecular flexibility index (Phi) is 3.47. The molecule has 64 valence electrons. The van der Waals surface area contributed by atoms with Crippen LogP contribution in [0.5, 0.6) is 0 Å². The van der Waals surface area contributed by atoms with Crippen LogP contribution >= 0.6 is 0 Å². The van der Waals surface area contributed by atoms with E-state index in [1.165, 1.54) is 31.4 Å². The van der Waals surface area contributed by atoms with Gasteiger partial charge in [0.15, 0.2) is 0 Å². The van der Waals surface area contributed by atoms with E-state index in [9.17, 15) is 0 Å². The summed E-state index contributed by atoms with van der Waals surface area (Å²) >= 11 is 0. The third-order valence-electron chi connectivity index (χ3n) is 2.35. The third-order valence-corrected chi connectivity index (χ3v) is 2.35. The molecule has 0 aromatic rings. The fraction of sp³-hybridized carbons (Fsp3) is 0.800. The summed E-state index contributed by atoms with van der Waals surface area (Å²) in [5.74, 6) is 1.96. The van der Waals surface area contributed by atoms with Crippen molar-refractivity contribution < 1.29 is 4.74 Å². The van der Waals surface area contributed by atoms with E-state index in [0.29, 0.717) is 0 Å². The molecule has 0 aromatic heterocycles. The van der Waals surface area contributed by atoms with Gasteiger partial charge in [-0.3, -0.25) is 0 Å². The molecule has 0 bridgehead atoms. The molecule has 1 nitrogen and oxygen atoms in total. The number of ether oxygens (including phenoxy) is 1. The lowest BCUT2D eigenvalue weighted by Crippen LogP contribution is -2.02. The lowest BCUT2D eigenvalue weighted by Gasteiger charge is -2.13. The van der Waals surface area contributed by atoms with Crippen molar-refractivity contribution in [2.24, 2.45) is 5.92 Å². The highest BCUT2D eigenvalue weighted by atomic mass is 16.5. The Morgan fingerprint density at radius 1 is 1.45 bits per heavy atom. The zero-order chi connectivity index (χ0) is 8.10. The van der Waals surface area contributed by atoms with Gasteiger partial charge in [0.05, 0.1) is 12.4 Å². The molecule has 1 aliphatic rings. The van der Waals surface area contributed by atoms with E-state index in [-0.39, 0.29) is 0 Å². The molecule has 0 saturated heterocycles. The molecule has 0 amide bonds. The van der Waals surface area contributed by atoms with Crippen LogP contribution in [0.3, 0.4) is 0 Å². The number of rotatable bonds is 3. The van der Waals surface area contributed by atoms with Gasteiger partial charge < -0.3 is 4.74 Å². The van der Waals surface area contributed by atoms with Gasteiger partial charge in [-0.15, -0.1) is 0 Å². The van der Waals surface area contributed by atoms with E-state index >= 15 is 0 Å². The van der Waals surface area contributed by atoms with Crippen LogP contribution < -0.4 is 0 Å². The van der Waals surface area contributed by atoms with Crippen LogP contribution in [0.15, 0.2) is 11.8 Å². The van der Waals surface area contributed by atoms with Crippen molar-refractivity contribution in [3.05, 3.63) is 11.8 Å². The monoisotopic (exact) mass is 154 g/mol. The van der Waals surface area contributed by atoms with Gasteiger partial charge in [0.2, 0.25) is 0 Å². The van der Waals surface area contributed by atoms with Crippen LogP contribution in [0.4, 0.5) is 0 Å². The van der Waals surface area contributed by atoms with Gasteiger partial charge in [-0.2, -0.15) is 0 Å². The Morgan fingerprint density at radius 2 is 2.09 bits per heavy atom. The summed E-state index contributed by atoms with van der Waals surface area (Å²) in [6.45, 7) is 4.94. The first-order valence-electron chi connectivity index (χ1n) is 4.67. The van der Waals surface area contributed by atoms with Crippen LogP contribution in [-0.4, -0.2) is 6.61 Å². The largest absolute Gasteiger partial charge is 0.498 e. The average molecular weight is 154 g/mol. The summed E-state index contributed by atoms with van der Waals surface area (Å²) in [5.41, 5.74) is 0. The summed E-state index contributed by atoms with van der Waals surface area (Å²) in [5, 5.41) is 0. The Hall–Kier alpha value is -0.460. The number of allylic oxidation sites excluding steroid dienone is 2. The van der Waals surface area contributed by atoms with Gasteiger partial charge in [0.25, 0.3) is 0 Å². The summed E-state index contributed by atoms with van der Waals surface area (Å²) in [6, 6.07) is 0. The van der Waals surface area contributed by atoms with Crippen molar-refractivity contribution in [2.75, 3.05) is 6.61 Å². The second-order valence-corrected chi connectivity index (χ2v) is 3.11. The highest BCUT2D eigenvalue weighted by molar-refractivity contribution is 4.98. The van der Waals surface area contributed by atoms with E-state index in [0.717, 1.165) is 12.5 Å². The third kappa shape index (κ3) is 2.25. The molecule has 0 heterocycles. The number of hydrogen-bond acceptors (Lipinski definition) is 1. The van der Waals surface area contributed by atoms with Crippen molar-refractivity contribution in [3.8, 4) is 0 Å². The van der Waals surface area contributed by atoms with E-state index in [4.69, 9.17) is 4.74 Å². The zero-order valence-electron chi connectivity index (χ0n) is 7.60. The molecule has 0 aromatic carbocycles. The molecule has 0 N–H and O–H groups in total. The first kappa shape index (κ1) is 8.63. The Bertz CT molecular complexity index is 132. The predicted molar refractivity (Wildman–Crippen MR) is 47.3 cm³/mol. The molecule has 0 unspecified atom stereocenters. The maximum atomic E-state index is 5.54. The minimum atomic E-state index is 0.736. The molecular weight excluding hydrogens is 136 g/mol. The highest BCUT2D eigenvalue weighted by Crippen LogP contribution is 2.31. The summed E-state index contributed by atoms with van der Waals surface area (Å²) in [4.78, 5) is 0. The summed E-state index contributed by atoms with van der Waals surface area (Å²) in [7, 11) is 0. The minimum absolute atomic E-state index is 0.736. The molecule has 1 heteroatoms. The van der Waals surface area contributed by atoms with Crippen LogP contribution in [0.2, 0.25) is 0 Å². The van der Waals surface area contributed by atoms with E-state index in [1.807, 2.05) is 0 Å². The van der Waals surface area contributed by atoms with E-state index in [2.05, 4.69) is 19.9 Å². The molecule has 0 spiro atoms. The maximum Gasteiger partial charge on any atom is 0.0947 e. The normalized spacial score (nSPS) is 20.7. The van der Waals surface area contributed by atoms with Gasteiger partial charge in [0.1, 0.15) is 0 Å². The lowest BCUT2D eigenvalue weighted by molar-refractivity contribution is 0.191. The van der Waals surface area contributed by atoms with Crippen molar-refractivity contribution in [2.45, 2.75) is 39.5 Å². The fourth-order valence-electron chi connectivity index (χ4n) is 1.81. The van der Waals surface area contributed by atoms with Gasteiger partial charge in [-0.1, -0.05) is 12.8 Å². The van der Waals surface area contributed by atoms with Crippen LogP contribution in [0.25, 0.3) is 0 Å². The standard InChI is InChI=1S/C10H18O/c1-3-10(11-4-2)9-7-5-6-8-9/h3,9H,4-8H2,1-2H3. The maximum absolute atomic E-state index is 5.54. The molecule has 0 atom stereocenters. The summed E-state index contributed by atoms with van der Waals surface area (Å²) in [6.07, 6.45) is 7.56. The van der Waals surface area contributed by atoms with E-state index < -0.39 is 0 Å². The fourth-order valence-corrected chi connectivity index (χ4v) is 1.81. The second-order valence-electron chi connectivity index (χ2n) is 3.11. The first-order valence-corrected chi connectivity index (χ1v) is 4.67. The Labute approximate surface area is 69.4 Å². The number of hydrogen-bond donors (Lipinski definition) is 0. The molecule has 1 saturated carbocycles. The smallest absolute Gasteiger partial charge is 0.0947 e. The molecule has 1 aliphatic carbocycles. The lowest BCUT2D eigenvalue weighted by atomic mass is 10.1. The molecule has 0 aliphatic heterocycles. The molecule has 11 heavy (non-hydrogen) atoms. The van der Waals surface area contributed by atoms with Crippen LogP contribution in [0.1, 0.15) is 39.5 Å². The molecule has 1 fully saturated rings. The van der Waals surface area contributed by atoms with Gasteiger partial charge >= 0.3 is 0 Å². The Balaban J connectivity index is 2.41. The van der Waals surface area contributed by atoms with Gasteiger partial charge in [-0.05, 0) is 32.8 Å². The zero-order valence-corrected chi connectivity index (χ0v) is 7.60. The predicted octanol–water partition coefficient (Wildman–Crippen LogP) is 3.12. The minimum Gasteiger partial charge on any atom is -0.498 e. The van der Waals surface area contributed by atoms with E-state index in [1.54, 1.807) is 0 Å². The average Bonchev–Trinajstić information content (AvgIpc) is 2.52. The van der Waals surface area contributed by atoms with Crippen molar-refractivity contribution in [1.29, 1.82) is 0 Å². The van der Waals surface area contributed by atoms with Crippen LogP contribution in [-0.2, 0) is 4.74 Å². The second kappa shape index (κ2) is 4.42. The van der Waals surface area contributed by atoms with Crippen LogP contribution in [0, 0.1) is 5.92 Å². The SMILES string of the molecule is CC=C(OCC)C1CCCC1. The van der Waals surface area contributed by atoms with Crippen molar-refractivity contribution >= 4 is 0 Å². The molecular formula is C10H18O. The van der Waals surface area contributed by atoms with Crippen molar-refractivity contribution in [3.63, 3.8) is 0 Å². The quantitative estimate of drug-likeness (QED) is 0.567. The Morgan fingerprint density at radius 3 is 2.55 bits per heavy atom.